The van der Waals surface area contributed by atoms with Crippen molar-refractivity contribution in [2.24, 2.45) is 0 Å². The second-order valence-electron chi connectivity index (χ2n) is 6.52. The monoisotopic (exact) mass is 275 g/mol. The summed E-state index contributed by atoms with van der Waals surface area (Å²) >= 11 is 0. The van der Waals surface area contributed by atoms with Gasteiger partial charge in [0, 0.05) is 18.7 Å². The number of fused-ring (bicyclic) bond motifs is 1. The lowest BCUT2D eigenvalue weighted by Crippen LogP contribution is -2.44. The van der Waals surface area contributed by atoms with E-state index in [1.165, 1.54) is 5.56 Å². The number of hydrogen-bond acceptors (Lipinski definition) is 4. The third-order valence-corrected chi connectivity index (χ3v) is 4.49. The van der Waals surface area contributed by atoms with E-state index in [1.54, 1.807) is 0 Å². The van der Waals surface area contributed by atoms with Gasteiger partial charge in [0.2, 0.25) is 0 Å². The predicted molar refractivity (Wildman–Crippen MR) is 78.6 cm³/mol. The van der Waals surface area contributed by atoms with Crippen molar-refractivity contribution in [2.45, 2.75) is 51.4 Å². The summed E-state index contributed by atoms with van der Waals surface area (Å²) in [5.41, 5.74) is 0.520. The molecular formula is C15H22BNO3. The van der Waals surface area contributed by atoms with Crippen molar-refractivity contribution < 1.29 is 14.0 Å². The highest BCUT2D eigenvalue weighted by Crippen LogP contribution is 2.38. The lowest BCUT2D eigenvalue weighted by molar-refractivity contribution is 0.00578. The fourth-order valence-electron chi connectivity index (χ4n) is 2.51. The first-order chi connectivity index (χ1) is 9.39. The van der Waals surface area contributed by atoms with Crippen LogP contribution in [0.15, 0.2) is 24.3 Å². The topological polar surface area (TPSA) is 39.7 Å². The first kappa shape index (κ1) is 13.9. The SMILES string of the molecule is CC1(C)OB(C2CNCc3ccccc3O2)OC1(C)C. The molecule has 5 heteroatoms. The smallest absolute Gasteiger partial charge is 0.491 e. The molecule has 0 aromatic heterocycles. The van der Waals surface area contributed by atoms with Gasteiger partial charge in [0.15, 0.2) is 0 Å². The van der Waals surface area contributed by atoms with Crippen LogP contribution in [0.2, 0.25) is 0 Å². The summed E-state index contributed by atoms with van der Waals surface area (Å²) < 4.78 is 18.3. The van der Waals surface area contributed by atoms with Gasteiger partial charge in [0.1, 0.15) is 11.8 Å². The van der Waals surface area contributed by atoms with E-state index < -0.39 is 0 Å². The quantitative estimate of drug-likeness (QED) is 0.797. The molecule has 108 valence electrons. The Hall–Kier alpha value is -1.04. The molecule has 2 heterocycles. The fraction of sp³-hybridized carbons (Fsp3) is 0.600. The molecule has 1 aromatic rings. The summed E-state index contributed by atoms with van der Waals surface area (Å²) in [6, 6.07) is 7.96. The highest BCUT2D eigenvalue weighted by atomic mass is 16.7. The molecule has 0 amide bonds. The molecule has 1 unspecified atom stereocenters. The van der Waals surface area contributed by atoms with Crippen LogP contribution in [0.5, 0.6) is 5.75 Å². The third kappa shape index (κ3) is 2.34. The molecule has 0 saturated carbocycles. The van der Waals surface area contributed by atoms with Crippen LogP contribution in [0.3, 0.4) is 0 Å². The second kappa shape index (κ2) is 4.76. The summed E-state index contributed by atoms with van der Waals surface area (Å²) in [7, 11) is -0.348. The molecule has 2 aliphatic rings. The Labute approximate surface area is 120 Å². The predicted octanol–water partition coefficient (Wildman–Crippen LogP) is 2.17. The Kier molecular flexibility index (Phi) is 3.31. The molecule has 1 fully saturated rings. The van der Waals surface area contributed by atoms with E-state index in [1.807, 2.05) is 18.2 Å². The van der Waals surface area contributed by atoms with E-state index in [0.29, 0.717) is 6.54 Å². The maximum Gasteiger partial charge on any atom is 0.503 e. The van der Waals surface area contributed by atoms with E-state index >= 15 is 0 Å². The van der Waals surface area contributed by atoms with Gasteiger partial charge >= 0.3 is 7.12 Å². The summed E-state index contributed by atoms with van der Waals surface area (Å²) in [6.07, 6.45) is 0. The van der Waals surface area contributed by atoms with E-state index in [2.05, 4.69) is 39.1 Å². The molecule has 2 aliphatic heterocycles. The zero-order valence-electron chi connectivity index (χ0n) is 12.6. The largest absolute Gasteiger partial charge is 0.503 e. The van der Waals surface area contributed by atoms with Crippen molar-refractivity contribution >= 4 is 7.12 Å². The highest BCUT2D eigenvalue weighted by molar-refractivity contribution is 6.47. The van der Waals surface area contributed by atoms with Crippen molar-refractivity contribution in [1.82, 2.24) is 5.32 Å². The first-order valence-corrected chi connectivity index (χ1v) is 7.20. The fourth-order valence-corrected chi connectivity index (χ4v) is 2.51. The van der Waals surface area contributed by atoms with Gasteiger partial charge in [-0.15, -0.1) is 0 Å². The number of nitrogens with one attached hydrogen (secondary N) is 1. The minimum absolute atomic E-state index is 0.139. The molecule has 0 aliphatic carbocycles. The Morgan fingerprint density at radius 1 is 1.10 bits per heavy atom. The maximum atomic E-state index is 6.12. The first-order valence-electron chi connectivity index (χ1n) is 7.20. The molecule has 1 saturated heterocycles. The number of ether oxygens (including phenoxy) is 1. The van der Waals surface area contributed by atoms with E-state index in [-0.39, 0.29) is 24.3 Å². The molecule has 1 N–H and O–H groups in total. The third-order valence-electron chi connectivity index (χ3n) is 4.49. The summed E-state index contributed by atoms with van der Waals surface area (Å²) in [5, 5.41) is 3.40. The molecule has 1 atom stereocenters. The molecule has 0 bridgehead atoms. The van der Waals surface area contributed by atoms with Gasteiger partial charge in [-0.3, -0.25) is 0 Å². The standard InChI is InChI=1S/C15H22BNO3/c1-14(2)15(3,4)20-16(19-14)13-10-17-9-11-7-5-6-8-12(11)18-13/h5-8,13,17H,9-10H2,1-4H3. The number of rotatable bonds is 1. The Bertz CT molecular complexity index is 488. The zero-order valence-corrected chi connectivity index (χ0v) is 12.6. The Morgan fingerprint density at radius 3 is 2.45 bits per heavy atom. The average molecular weight is 275 g/mol. The number of para-hydroxylation sites is 1. The molecule has 4 nitrogen and oxygen atoms in total. The molecule has 20 heavy (non-hydrogen) atoms. The summed E-state index contributed by atoms with van der Waals surface area (Å²) in [5.74, 6) is 0.914. The molecule has 0 radical (unpaired) electrons. The van der Waals surface area contributed by atoms with Crippen LogP contribution in [-0.4, -0.2) is 30.9 Å². The van der Waals surface area contributed by atoms with Crippen LogP contribution in [0.25, 0.3) is 0 Å². The van der Waals surface area contributed by atoms with Gasteiger partial charge in [-0.2, -0.15) is 0 Å². The zero-order chi connectivity index (χ0) is 14.4. The molecular weight excluding hydrogens is 253 g/mol. The van der Waals surface area contributed by atoms with Crippen LogP contribution in [0, 0.1) is 0 Å². The van der Waals surface area contributed by atoms with Crippen molar-refractivity contribution in [3.63, 3.8) is 0 Å². The van der Waals surface area contributed by atoms with Crippen molar-refractivity contribution in [3.05, 3.63) is 29.8 Å². The van der Waals surface area contributed by atoms with Gasteiger partial charge < -0.3 is 19.4 Å². The second-order valence-corrected chi connectivity index (χ2v) is 6.52. The minimum atomic E-state index is -0.348. The van der Waals surface area contributed by atoms with Crippen LogP contribution in [-0.2, 0) is 15.9 Å². The van der Waals surface area contributed by atoms with Crippen LogP contribution in [0.1, 0.15) is 33.3 Å². The average Bonchev–Trinajstić information content (AvgIpc) is 2.55. The Balaban J connectivity index is 1.80. The normalized spacial score (nSPS) is 27.6. The van der Waals surface area contributed by atoms with Gasteiger partial charge in [0.25, 0.3) is 0 Å². The van der Waals surface area contributed by atoms with E-state index in [9.17, 15) is 0 Å². The lowest BCUT2D eigenvalue weighted by Gasteiger charge is -2.32. The number of hydrogen-bond donors (Lipinski definition) is 1. The molecule has 3 rings (SSSR count). The molecule has 0 spiro atoms. The summed E-state index contributed by atoms with van der Waals surface area (Å²) in [4.78, 5) is 0. The lowest BCUT2D eigenvalue weighted by atomic mass is 9.81. The van der Waals surface area contributed by atoms with Crippen molar-refractivity contribution in [1.29, 1.82) is 0 Å². The van der Waals surface area contributed by atoms with E-state index in [0.717, 1.165) is 12.3 Å². The summed E-state index contributed by atoms with van der Waals surface area (Å²) in [6.45, 7) is 9.77. The van der Waals surface area contributed by atoms with Crippen LogP contribution < -0.4 is 10.1 Å². The number of benzene rings is 1. The maximum absolute atomic E-state index is 6.12. The minimum Gasteiger partial charge on any atom is -0.491 e. The van der Waals surface area contributed by atoms with E-state index in [4.69, 9.17) is 14.0 Å². The van der Waals surface area contributed by atoms with Gasteiger partial charge in [-0.25, -0.2) is 0 Å². The van der Waals surface area contributed by atoms with Gasteiger partial charge in [-0.1, -0.05) is 18.2 Å². The van der Waals surface area contributed by atoms with Gasteiger partial charge in [-0.05, 0) is 33.8 Å². The van der Waals surface area contributed by atoms with Crippen LogP contribution >= 0.6 is 0 Å². The molecule has 1 aromatic carbocycles. The van der Waals surface area contributed by atoms with Crippen molar-refractivity contribution in [3.8, 4) is 5.75 Å². The van der Waals surface area contributed by atoms with Crippen LogP contribution in [0.4, 0.5) is 0 Å². The Morgan fingerprint density at radius 2 is 1.75 bits per heavy atom. The van der Waals surface area contributed by atoms with Gasteiger partial charge in [0.05, 0.1) is 11.2 Å². The highest BCUT2D eigenvalue weighted by Gasteiger charge is 2.54. The van der Waals surface area contributed by atoms with Crippen molar-refractivity contribution in [2.75, 3.05) is 6.54 Å².